The average Bonchev–Trinajstić information content (AvgIpc) is 3.21. The molecule has 0 amide bonds. The molecule has 0 N–H and O–H groups in total. The molecule has 0 atom stereocenters. The molecule has 0 bridgehead atoms. The van der Waals surface area contributed by atoms with Gasteiger partial charge in [-0.25, -0.2) is 0 Å². The van der Waals surface area contributed by atoms with Crippen molar-refractivity contribution >= 4 is 21.8 Å². The van der Waals surface area contributed by atoms with Crippen molar-refractivity contribution < 1.29 is 0 Å². The summed E-state index contributed by atoms with van der Waals surface area (Å²) in [5.74, 6) is 1.05. The molecule has 2 aromatic heterocycles. The van der Waals surface area contributed by atoms with Crippen LogP contribution < -0.4 is 0 Å². The van der Waals surface area contributed by atoms with Crippen molar-refractivity contribution in [1.29, 1.82) is 0 Å². The van der Waals surface area contributed by atoms with E-state index in [4.69, 9.17) is 9.97 Å². The first-order chi connectivity index (χ1) is 24.8. The number of hydrogen-bond donors (Lipinski definition) is 0. The van der Waals surface area contributed by atoms with Crippen LogP contribution in [0.2, 0.25) is 0 Å². The number of rotatable bonds is 6. The molecule has 2 nitrogen and oxygen atoms in total. The van der Waals surface area contributed by atoms with Crippen molar-refractivity contribution in [2.75, 3.05) is 0 Å². The smallest absolute Gasteiger partial charge is 0.0974 e. The molecule has 9 rings (SSSR count). The van der Waals surface area contributed by atoms with E-state index < -0.39 is 0 Å². The molecule has 0 radical (unpaired) electrons. The third-order valence-corrected chi connectivity index (χ3v) is 11.4. The molecule has 0 aliphatic heterocycles. The zero-order chi connectivity index (χ0) is 33.3. The van der Waals surface area contributed by atoms with Crippen LogP contribution in [0.25, 0.3) is 66.3 Å². The molecule has 5 aromatic carbocycles. The van der Waals surface area contributed by atoms with Crippen LogP contribution in [-0.4, -0.2) is 9.97 Å². The lowest BCUT2D eigenvalue weighted by Crippen LogP contribution is -2.08. The van der Waals surface area contributed by atoms with E-state index in [-0.39, 0.29) is 0 Å². The Morgan fingerprint density at radius 3 is 1.54 bits per heavy atom. The maximum absolute atomic E-state index is 5.54. The quantitative estimate of drug-likeness (QED) is 0.168. The molecule has 50 heavy (non-hydrogen) atoms. The summed E-state index contributed by atoms with van der Waals surface area (Å²) in [7, 11) is 0. The van der Waals surface area contributed by atoms with Gasteiger partial charge >= 0.3 is 0 Å². The summed E-state index contributed by atoms with van der Waals surface area (Å²) in [6.07, 6.45) is 12.8. The Hall–Kier alpha value is -5.08. The number of fused-ring (bicyclic) bond motifs is 3. The Bertz CT molecular complexity index is 2280. The summed E-state index contributed by atoms with van der Waals surface area (Å²) < 4.78 is 0. The summed E-state index contributed by atoms with van der Waals surface area (Å²) in [6.45, 7) is 0. The summed E-state index contributed by atoms with van der Waals surface area (Å²) in [4.78, 5) is 11.0. The molecule has 0 spiro atoms. The molecule has 7 aromatic rings. The lowest BCUT2D eigenvalue weighted by Gasteiger charge is -2.23. The molecular weight excluding hydrogens is 605 g/mol. The zero-order valence-corrected chi connectivity index (χ0v) is 28.8. The van der Waals surface area contributed by atoms with E-state index in [9.17, 15) is 0 Å². The lowest BCUT2D eigenvalue weighted by atomic mass is 9.84. The highest BCUT2D eigenvalue weighted by Gasteiger charge is 2.22. The van der Waals surface area contributed by atoms with Crippen LogP contribution in [0.5, 0.6) is 0 Å². The minimum atomic E-state index is 0.489. The Morgan fingerprint density at radius 1 is 0.360 bits per heavy atom. The predicted molar refractivity (Wildman–Crippen MR) is 210 cm³/mol. The van der Waals surface area contributed by atoms with Gasteiger partial charge in [0.25, 0.3) is 0 Å². The van der Waals surface area contributed by atoms with E-state index in [0.717, 1.165) is 11.0 Å². The third kappa shape index (κ3) is 6.13. The average molecular weight is 649 g/mol. The highest BCUT2D eigenvalue weighted by molar-refractivity contribution is 6.09. The van der Waals surface area contributed by atoms with Crippen LogP contribution in [-0.2, 0) is 0 Å². The van der Waals surface area contributed by atoms with Crippen LogP contribution in [0.3, 0.4) is 0 Å². The van der Waals surface area contributed by atoms with E-state index >= 15 is 0 Å². The van der Waals surface area contributed by atoms with Gasteiger partial charge in [0, 0.05) is 34.0 Å². The highest BCUT2D eigenvalue weighted by atomic mass is 14.8. The summed E-state index contributed by atoms with van der Waals surface area (Å²) >= 11 is 0. The van der Waals surface area contributed by atoms with Crippen LogP contribution >= 0.6 is 0 Å². The summed E-state index contributed by atoms with van der Waals surface area (Å²) in [5, 5.41) is 2.38. The lowest BCUT2D eigenvalue weighted by molar-refractivity contribution is 0.437. The molecule has 2 heterocycles. The molecule has 2 heteroatoms. The molecule has 246 valence electrons. The van der Waals surface area contributed by atoms with Gasteiger partial charge in [-0.1, -0.05) is 136 Å². The van der Waals surface area contributed by atoms with E-state index in [0.29, 0.717) is 11.8 Å². The number of benzene rings is 5. The van der Waals surface area contributed by atoms with Gasteiger partial charge in [0.15, 0.2) is 0 Å². The van der Waals surface area contributed by atoms with Gasteiger partial charge in [0.1, 0.15) is 0 Å². The second kappa shape index (κ2) is 13.7. The van der Waals surface area contributed by atoms with Gasteiger partial charge < -0.3 is 0 Å². The maximum Gasteiger partial charge on any atom is 0.0974 e. The fourth-order valence-electron chi connectivity index (χ4n) is 8.63. The van der Waals surface area contributed by atoms with Crippen LogP contribution in [0.4, 0.5) is 0 Å². The Balaban J connectivity index is 1.27. The topological polar surface area (TPSA) is 25.8 Å². The van der Waals surface area contributed by atoms with Gasteiger partial charge in [-0.15, -0.1) is 0 Å². The number of nitrogens with zero attached hydrogens (tertiary/aromatic N) is 2. The summed E-state index contributed by atoms with van der Waals surface area (Å²) in [5.41, 5.74) is 14.5. The highest BCUT2D eigenvalue weighted by Crippen LogP contribution is 2.42. The van der Waals surface area contributed by atoms with Crippen molar-refractivity contribution in [3.8, 4) is 44.5 Å². The largest absolute Gasteiger partial charge is 0.250 e. The second-order valence-electron chi connectivity index (χ2n) is 14.6. The van der Waals surface area contributed by atoms with Crippen LogP contribution in [0.15, 0.2) is 133 Å². The Labute approximate surface area is 296 Å². The fourth-order valence-corrected chi connectivity index (χ4v) is 8.63. The number of pyridine rings is 2. The molecular formula is C48H44N2. The van der Waals surface area contributed by atoms with Gasteiger partial charge in [0.2, 0.25) is 0 Å². The van der Waals surface area contributed by atoms with Crippen LogP contribution in [0, 0.1) is 0 Å². The monoisotopic (exact) mass is 648 g/mol. The molecule has 2 saturated carbocycles. The van der Waals surface area contributed by atoms with Crippen molar-refractivity contribution in [2.45, 2.75) is 76.0 Å². The second-order valence-corrected chi connectivity index (χ2v) is 14.6. The Morgan fingerprint density at radius 2 is 0.860 bits per heavy atom. The molecule has 2 aliphatic rings. The molecule has 0 unspecified atom stereocenters. The zero-order valence-electron chi connectivity index (χ0n) is 28.8. The molecule has 0 saturated heterocycles. The van der Waals surface area contributed by atoms with Crippen molar-refractivity contribution in [2.24, 2.45) is 0 Å². The van der Waals surface area contributed by atoms with Gasteiger partial charge in [-0.2, -0.15) is 0 Å². The minimum Gasteiger partial charge on any atom is -0.250 e. The van der Waals surface area contributed by atoms with E-state index in [1.54, 1.807) is 0 Å². The van der Waals surface area contributed by atoms with Crippen LogP contribution in [0.1, 0.15) is 87.4 Å². The van der Waals surface area contributed by atoms with E-state index in [1.165, 1.54) is 131 Å². The maximum atomic E-state index is 5.54. The normalized spacial score (nSPS) is 15.8. The number of aromatic nitrogens is 2. The van der Waals surface area contributed by atoms with Gasteiger partial charge in [-0.3, -0.25) is 9.97 Å². The van der Waals surface area contributed by atoms with Crippen molar-refractivity contribution in [3.63, 3.8) is 0 Å². The first-order valence-electron chi connectivity index (χ1n) is 18.9. The van der Waals surface area contributed by atoms with Crippen molar-refractivity contribution in [3.05, 3.63) is 145 Å². The number of hydrogen-bond acceptors (Lipinski definition) is 2. The summed E-state index contributed by atoms with van der Waals surface area (Å²) in [6, 6.07) is 49.3. The minimum absolute atomic E-state index is 0.489. The molecule has 2 aliphatic carbocycles. The first kappa shape index (κ1) is 30.9. The predicted octanol–water partition coefficient (Wildman–Crippen LogP) is 13.5. The van der Waals surface area contributed by atoms with E-state index in [2.05, 4.69) is 133 Å². The van der Waals surface area contributed by atoms with E-state index in [1.807, 2.05) is 0 Å². The SMILES string of the molecule is c1ccc(-c2cccc(-c3cc(-c4ccccc4)cc(-c4cc(C5CCCCC5)nc5c4ccc4ccc(C6CCCCC6)nc45)c3)c2)cc1. The third-order valence-electron chi connectivity index (χ3n) is 11.4. The van der Waals surface area contributed by atoms with Gasteiger partial charge in [-0.05, 0) is 107 Å². The molecule has 2 fully saturated rings. The fraction of sp³-hybridized carbons (Fsp3) is 0.250. The van der Waals surface area contributed by atoms with Gasteiger partial charge in [0.05, 0.1) is 11.0 Å². The first-order valence-corrected chi connectivity index (χ1v) is 18.9. The van der Waals surface area contributed by atoms with Crippen molar-refractivity contribution in [1.82, 2.24) is 9.97 Å². The Kier molecular flexibility index (Phi) is 8.46. The standard InChI is InChI=1S/C48H44N2/c1-5-14-33(15-6-1)38-22-13-23-39(28-38)41-29-40(34-16-7-2-8-17-34)30-42(31-41)44-32-46(36-20-11-4-12-21-36)50-48-43(44)26-24-37-25-27-45(49-47(37)48)35-18-9-3-10-19-35/h1-2,5-8,13-17,22-32,35-36H,3-4,9-12,18-21H2.